The van der Waals surface area contributed by atoms with Crippen LogP contribution in [0.4, 0.5) is 13.2 Å². The molecule has 0 aliphatic carbocycles. The highest BCUT2D eigenvalue weighted by Gasteiger charge is 2.38. The highest BCUT2D eigenvalue weighted by molar-refractivity contribution is 5.82. The molecule has 0 fully saturated rings. The molecular weight excluding hydrogens is 387 g/mol. The standard InChI is InChI=1S/C20H18F3N3O3/c1-13(14-7-3-2-4-8-14)24-17(27)12-29-18(28)11-26-16-10-6-5-9-15(16)25-19(26)20(21,22)23/h2-10,13H,11-12H2,1H3,(H,24,27)/t13-/m0/s1. The summed E-state index contributed by atoms with van der Waals surface area (Å²) in [6, 6.07) is 14.8. The van der Waals surface area contributed by atoms with E-state index in [1.54, 1.807) is 19.1 Å². The second kappa shape index (κ2) is 8.34. The quantitative estimate of drug-likeness (QED) is 0.638. The van der Waals surface area contributed by atoms with E-state index in [0.717, 1.165) is 10.1 Å². The van der Waals surface area contributed by atoms with E-state index < -0.39 is 37.0 Å². The summed E-state index contributed by atoms with van der Waals surface area (Å²) >= 11 is 0. The van der Waals surface area contributed by atoms with E-state index in [-0.39, 0.29) is 17.1 Å². The molecule has 1 heterocycles. The molecule has 0 bridgehead atoms. The Morgan fingerprint density at radius 2 is 1.76 bits per heavy atom. The van der Waals surface area contributed by atoms with Gasteiger partial charge in [-0.25, -0.2) is 4.98 Å². The lowest BCUT2D eigenvalue weighted by atomic mass is 10.1. The van der Waals surface area contributed by atoms with Gasteiger partial charge in [0.1, 0.15) is 6.54 Å². The van der Waals surface area contributed by atoms with Gasteiger partial charge in [-0.3, -0.25) is 9.59 Å². The third-order valence-electron chi connectivity index (χ3n) is 4.24. The molecule has 0 saturated carbocycles. The van der Waals surface area contributed by atoms with Crippen molar-refractivity contribution in [3.63, 3.8) is 0 Å². The molecule has 0 aliphatic rings. The Hall–Kier alpha value is -3.36. The Balaban J connectivity index is 1.63. The molecule has 1 N–H and O–H groups in total. The SMILES string of the molecule is C[C@H](NC(=O)COC(=O)Cn1c(C(F)(F)F)nc2ccccc21)c1ccccc1. The molecule has 0 aliphatic heterocycles. The fraction of sp³-hybridized carbons (Fsp3) is 0.250. The van der Waals surface area contributed by atoms with Crippen molar-refractivity contribution in [3.05, 3.63) is 66.0 Å². The highest BCUT2D eigenvalue weighted by Crippen LogP contribution is 2.31. The average molecular weight is 405 g/mol. The second-order valence-electron chi connectivity index (χ2n) is 6.37. The summed E-state index contributed by atoms with van der Waals surface area (Å²) in [6.07, 6.45) is -4.73. The van der Waals surface area contributed by atoms with Gasteiger partial charge >= 0.3 is 12.1 Å². The number of ether oxygens (including phenoxy) is 1. The smallest absolute Gasteiger partial charge is 0.449 e. The molecule has 9 heteroatoms. The van der Waals surface area contributed by atoms with Crippen LogP contribution < -0.4 is 5.32 Å². The molecule has 3 rings (SSSR count). The van der Waals surface area contributed by atoms with Crippen molar-refractivity contribution in [2.45, 2.75) is 25.7 Å². The zero-order valence-corrected chi connectivity index (χ0v) is 15.4. The van der Waals surface area contributed by atoms with Crippen molar-refractivity contribution in [3.8, 4) is 0 Å². The highest BCUT2D eigenvalue weighted by atomic mass is 19.4. The predicted octanol–water partition coefficient (Wildman–Crippen LogP) is 3.48. The first-order chi connectivity index (χ1) is 13.8. The van der Waals surface area contributed by atoms with E-state index in [1.165, 1.54) is 12.1 Å². The van der Waals surface area contributed by atoms with Crippen LogP contribution >= 0.6 is 0 Å². The molecule has 0 radical (unpaired) electrons. The molecule has 0 unspecified atom stereocenters. The van der Waals surface area contributed by atoms with Gasteiger partial charge < -0.3 is 14.6 Å². The van der Waals surface area contributed by atoms with E-state index in [4.69, 9.17) is 4.74 Å². The number of alkyl halides is 3. The number of nitrogens with one attached hydrogen (secondary N) is 1. The number of aromatic nitrogens is 2. The monoisotopic (exact) mass is 405 g/mol. The number of para-hydroxylation sites is 2. The minimum atomic E-state index is -4.73. The molecular formula is C20H18F3N3O3. The van der Waals surface area contributed by atoms with Crippen LogP contribution in [-0.2, 0) is 27.0 Å². The molecule has 1 amide bonds. The van der Waals surface area contributed by atoms with Crippen LogP contribution in [0.15, 0.2) is 54.6 Å². The summed E-state index contributed by atoms with van der Waals surface area (Å²) in [5, 5.41) is 2.66. The van der Waals surface area contributed by atoms with E-state index in [1.807, 2.05) is 30.3 Å². The van der Waals surface area contributed by atoms with Crippen molar-refractivity contribution < 1.29 is 27.5 Å². The van der Waals surface area contributed by atoms with Crippen LogP contribution in [0.5, 0.6) is 0 Å². The number of imidazole rings is 1. The molecule has 3 aromatic rings. The van der Waals surface area contributed by atoms with Gasteiger partial charge in [-0.2, -0.15) is 13.2 Å². The number of nitrogens with zero attached hydrogens (tertiary/aromatic N) is 2. The van der Waals surface area contributed by atoms with E-state index >= 15 is 0 Å². The lowest BCUT2D eigenvalue weighted by Crippen LogP contribution is -2.32. The maximum Gasteiger partial charge on any atom is 0.449 e. The van der Waals surface area contributed by atoms with Gasteiger partial charge in [-0.05, 0) is 24.6 Å². The normalized spacial score (nSPS) is 12.6. The van der Waals surface area contributed by atoms with Crippen LogP contribution in [0, 0.1) is 0 Å². The zero-order valence-electron chi connectivity index (χ0n) is 15.4. The number of hydrogen-bond donors (Lipinski definition) is 1. The summed E-state index contributed by atoms with van der Waals surface area (Å²) in [5.74, 6) is -2.72. The van der Waals surface area contributed by atoms with Gasteiger partial charge in [-0.15, -0.1) is 0 Å². The number of rotatable bonds is 6. The third kappa shape index (κ3) is 4.92. The summed E-state index contributed by atoms with van der Waals surface area (Å²) < 4.78 is 45.4. The van der Waals surface area contributed by atoms with Gasteiger partial charge in [-0.1, -0.05) is 42.5 Å². The van der Waals surface area contributed by atoms with E-state index in [2.05, 4.69) is 10.3 Å². The first kappa shape index (κ1) is 20.4. The summed E-state index contributed by atoms with van der Waals surface area (Å²) in [7, 11) is 0. The zero-order chi connectivity index (χ0) is 21.0. The first-order valence-electron chi connectivity index (χ1n) is 8.78. The Kier molecular flexibility index (Phi) is 5.86. The third-order valence-corrected chi connectivity index (χ3v) is 4.24. The summed E-state index contributed by atoms with van der Waals surface area (Å²) in [5.41, 5.74) is 1.13. The van der Waals surface area contributed by atoms with Crippen LogP contribution in [0.25, 0.3) is 11.0 Å². The lowest BCUT2D eigenvalue weighted by Gasteiger charge is -2.15. The van der Waals surface area contributed by atoms with Crippen LogP contribution in [0.2, 0.25) is 0 Å². The molecule has 2 aromatic carbocycles. The molecule has 0 spiro atoms. The van der Waals surface area contributed by atoms with Gasteiger partial charge in [0.15, 0.2) is 6.61 Å². The average Bonchev–Trinajstić information content (AvgIpc) is 3.06. The van der Waals surface area contributed by atoms with Crippen molar-refractivity contribution in [2.75, 3.05) is 6.61 Å². The van der Waals surface area contributed by atoms with Crippen LogP contribution in [0.3, 0.4) is 0 Å². The Morgan fingerprint density at radius 3 is 2.45 bits per heavy atom. The summed E-state index contributed by atoms with van der Waals surface area (Å²) in [4.78, 5) is 27.6. The Morgan fingerprint density at radius 1 is 1.10 bits per heavy atom. The van der Waals surface area contributed by atoms with Crippen molar-refractivity contribution >= 4 is 22.9 Å². The lowest BCUT2D eigenvalue weighted by molar-refractivity contribution is -0.153. The Bertz CT molecular complexity index is 1020. The predicted molar refractivity (Wildman–Crippen MR) is 98.7 cm³/mol. The first-order valence-corrected chi connectivity index (χ1v) is 8.78. The van der Waals surface area contributed by atoms with Crippen molar-refractivity contribution in [1.82, 2.24) is 14.9 Å². The minimum absolute atomic E-state index is 0.113. The van der Waals surface area contributed by atoms with Gasteiger partial charge in [0.2, 0.25) is 5.82 Å². The molecule has 1 aromatic heterocycles. The van der Waals surface area contributed by atoms with Crippen molar-refractivity contribution in [1.29, 1.82) is 0 Å². The largest absolute Gasteiger partial charge is 0.454 e. The number of carbonyl (C=O) groups excluding carboxylic acids is 2. The second-order valence-corrected chi connectivity index (χ2v) is 6.37. The molecule has 1 atom stereocenters. The number of halogens is 3. The van der Waals surface area contributed by atoms with Crippen molar-refractivity contribution in [2.24, 2.45) is 0 Å². The van der Waals surface area contributed by atoms with Crippen LogP contribution in [-0.4, -0.2) is 28.0 Å². The fourth-order valence-corrected chi connectivity index (χ4v) is 2.88. The topological polar surface area (TPSA) is 73.2 Å². The number of hydrogen-bond acceptors (Lipinski definition) is 4. The van der Waals surface area contributed by atoms with E-state index in [0.29, 0.717) is 0 Å². The molecule has 6 nitrogen and oxygen atoms in total. The summed E-state index contributed by atoms with van der Waals surface area (Å²) in [6.45, 7) is 0.461. The number of amides is 1. The number of fused-ring (bicyclic) bond motifs is 1. The molecule has 152 valence electrons. The minimum Gasteiger partial charge on any atom is -0.454 e. The maximum atomic E-state index is 13.3. The molecule has 29 heavy (non-hydrogen) atoms. The van der Waals surface area contributed by atoms with Gasteiger partial charge in [0.25, 0.3) is 5.91 Å². The van der Waals surface area contributed by atoms with Crippen LogP contribution in [0.1, 0.15) is 24.4 Å². The molecule has 0 saturated heterocycles. The van der Waals surface area contributed by atoms with Gasteiger partial charge in [0, 0.05) is 0 Å². The van der Waals surface area contributed by atoms with E-state index in [9.17, 15) is 22.8 Å². The number of carbonyl (C=O) groups is 2. The number of esters is 1. The number of benzene rings is 2. The van der Waals surface area contributed by atoms with Gasteiger partial charge in [0.05, 0.1) is 17.1 Å². The maximum absolute atomic E-state index is 13.3. The Labute approximate surface area is 164 Å². The fourth-order valence-electron chi connectivity index (χ4n) is 2.88.